The number of pyridine rings is 1. The Morgan fingerprint density at radius 3 is 2.59 bits per heavy atom. The van der Waals surface area contributed by atoms with Crippen LogP contribution in [0.3, 0.4) is 0 Å². The van der Waals surface area contributed by atoms with Crippen LogP contribution in [0.2, 0.25) is 5.02 Å². The maximum atomic E-state index is 12.3. The molecule has 2 atom stereocenters. The molecule has 2 aromatic rings. The average Bonchev–Trinajstić information content (AvgIpc) is 3.19. The molecular weight excluding hydrogens is 390 g/mol. The molecule has 1 amide bonds. The predicted octanol–water partition coefficient (Wildman–Crippen LogP) is 4.07. The van der Waals surface area contributed by atoms with Gasteiger partial charge in [-0.3, -0.25) is 9.88 Å². The summed E-state index contributed by atoms with van der Waals surface area (Å²) in [4.78, 5) is 20.9. The molecule has 0 saturated carbocycles. The Labute approximate surface area is 176 Å². The molecule has 6 nitrogen and oxygen atoms in total. The number of likely N-dealkylation sites (tertiary alicyclic amines) is 2. The molecule has 0 spiro atoms. The van der Waals surface area contributed by atoms with Crippen LogP contribution >= 0.6 is 11.6 Å². The lowest BCUT2D eigenvalue weighted by atomic mass is 10.0. The average molecular weight is 418 g/mol. The number of carbonyl (C=O) groups excluding carboxylic acids is 1. The number of ether oxygens (including phenoxy) is 2. The van der Waals surface area contributed by atoms with E-state index >= 15 is 0 Å². The molecule has 0 N–H and O–H groups in total. The monoisotopic (exact) mass is 417 g/mol. The van der Waals surface area contributed by atoms with Crippen molar-refractivity contribution >= 4 is 28.6 Å². The van der Waals surface area contributed by atoms with E-state index in [2.05, 4.69) is 9.88 Å². The predicted molar refractivity (Wildman–Crippen MR) is 113 cm³/mol. The molecule has 0 radical (unpaired) electrons. The second kappa shape index (κ2) is 8.00. The fourth-order valence-corrected chi connectivity index (χ4v) is 4.44. The molecule has 4 rings (SSSR count). The van der Waals surface area contributed by atoms with Crippen LogP contribution < -0.4 is 4.74 Å². The van der Waals surface area contributed by atoms with Crippen LogP contribution in [0.25, 0.3) is 10.9 Å². The molecule has 1 aromatic carbocycles. The zero-order valence-corrected chi connectivity index (χ0v) is 18.0. The van der Waals surface area contributed by atoms with Crippen LogP contribution in [-0.2, 0) is 4.74 Å². The lowest BCUT2D eigenvalue weighted by Gasteiger charge is -2.26. The summed E-state index contributed by atoms with van der Waals surface area (Å²) in [6, 6.07) is 7.61. The van der Waals surface area contributed by atoms with Gasteiger partial charge in [-0.2, -0.15) is 0 Å². The zero-order valence-electron chi connectivity index (χ0n) is 17.2. The van der Waals surface area contributed by atoms with Gasteiger partial charge in [0.15, 0.2) is 0 Å². The molecule has 0 aliphatic carbocycles. The Morgan fingerprint density at radius 1 is 1.17 bits per heavy atom. The van der Waals surface area contributed by atoms with Crippen molar-refractivity contribution in [1.29, 1.82) is 0 Å². The summed E-state index contributed by atoms with van der Waals surface area (Å²) in [6.07, 6.45) is 1.52. The van der Waals surface area contributed by atoms with E-state index in [0.29, 0.717) is 23.5 Å². The summed E-state index contributed by atoms with van der Waals surface area (Å²) in [5, 5.41) is 1.63. The lowest BCUT2D eigenvalue weighted by Crippen LogP contribution is -2.38. The third kappa shape index (κ3) is 4.75. The number of nitrogens with zero attached hydrogens (tertiary/aromatic N) is 3. The number of aromatic nitrogens is 1. The zero-order chi connectivity index (χ0) is 20.6. The quantitative estimate of drug-likeness (QED) is 0.750. The van der Waals surface area contributed by atoms with Crippen molar-refractivity contribution in [3.63, 3.8) is 0 Å². The first-order valence-corrected chi connectivity index (χ1v) is 10.5. The fourth-order valence-electron chi connectivity index (χ4n) is 4.22. The van der Waals surface area contributed by atoms with Gasteiger partial charge in [0.1, 0.15) is 18.0 Å². The Morgan fingerprint density at radius 2 is 1.90 bits per heavy atom. The van der Waals surface area contributed by atoms with Crippen molar-refractivity contribution in [3.8, 4) is 5.75 Å². The van der Waals surface area contributed by atoms with Gasteiger partial charge in [-0.05, 0) is 50.8 Å². The molecule has 29 heavy (non-hydrogen) atoms. The van der Waals surface area contributed by atoms with E-state index in [1.807, 2.05) is 43.9 Å². The van der Waals surface area contributed by atoms with Gasteiger partial charge >= 0.3 is 6.09 Å². The maximum Gasteiger partial charge on any atom is 0.410 e. The smallest absolute Gasteiger partial charge is 0.410 e. The normalized spacial score (nSPS) is 22.1. The molecule has 2 saturated heterocycles. The molecule has 1 aromatic heterocycles. The molecule has 2 aliphatic heterocycles. The fraction of sp³-hybridized carbons (Fsp3) is 0.545. The van der Waals surface area contributed by atoms with Gasteiger partial charge in [0.05, 0.1) is 10.5 Å². The highest BCUT2D eigenvalue weighted by atomic mass is 35.5. The maximum absolute atomic E-state index is 12.3. The Kier molecular flexibility index (Phi) is 5.58. The summed E-state index contributed by atoms with van der Waals surface area (Å²) >= 11 is 6.19. The van der Waals surface area contributed by atoms with Crippen LogP contribution in [0.5, 0.6) is 5.75 Å². The SMILES string of the molecule is CC(C)(C)OC(=O)N1C[C@H]2CN(CCOc3ccc4c(Cl)ccnc4c3)C[C@H]2C1. The van der Waals surface area contributed by atoms with E-state index in [0.717, 1.165) is 49.4 Å². The number of fused-ring (bicyclic) bond motifs is 2. The Hall–Kier alpha value is -2.05. The summed E-state index contributed by atoms with van der Waals surface area (Å²) in [7, 11) is 0. The first-order valence-electron chi connectivity index (χ1n) is 10.2. The van der Waals surface area contributed by atoms with Crippen molar-refractivity contribution in [2.75, 3.05) is 39.3 Å². The minimum atomic E-state index is -0.443. The number of halogens is 1. The number of rotatable bonds is 4. The molecule has 2 fully saturated rings. The van der Waals surface area contributed by atoms with E-state index in [1.165, 1.54) is 0 Å². The number of benzene rings is 1. The Balaban J connectivity index is 1.24. The lowest BCUT2D eigenvalue weighted by molar-refractivity contribution is 0.0273. The van der Waals surface area contributed by atoms with Crippen molar-refractivity contribution < 1.29 is 14.3 Å². The third-order valence-electron chi connectivity index (χ3n) is 5.55. The molecule has 7 heteroatoms. The topological polar surface area (TPSA) is 54.9 Å². The van der Waals surface area contributed by atoms with E-state index in [9.17, 15) is 4.79 Å². The van der Waals surface area contributed by atoms with Crippen LogP contribution in [0.4, 0.5) is 4.79 Å². The second-order valence-corrected chi connectivity index (χ2v) is 9.39. The molecule has 156 valence electrons. The number of amides is 1. The second-order valence-electron chi connectivity index (χ2n) is 8.99. The highest BCUT2D eigenvalue weighted by Gasteiger charge is 2.42. The molecule has 0 bridgehead atoms. The van der Waals surface area contributed by atoms with Crippen molar-refractivity contribution in [2.45, 2.75) is 26.4 Å². The van der Waals surface area contributed by atoms with Crippen molar-refractivity contribution in [3.05, 3.63) is 35.5 Å². The van der Waals surface area contributed by atoms with Gasteiger partial charge in [-0.1, -0.05) is 11.6 Å². The minimum absolute atomic E-state index is 0.188. The summed E-state index contributed by atoms with van der Waals surface area (Å²) in [5.74, 6) is 1.85. The standard InChI is InChI=1S/C22H28ClN3O3/c1-22(2,3)29-21(27)26-13-15-11-25(12-16(15)14-26)8-9-28-17-4-5-18-19(23)6-7-24-20(18)10-17/h4-7,10,15-16H,8-9,11-14H2,1-3H3/t15-,16+. The van der Waals surface area contributed by atoms with E-state index in [-0.39, 0.29) is 6.09 Å². The Bertz CT molecular complexity index is 884. The van der Waals surface area contributed by atoms with Gasteiger partial charge in [0.25, 0.3) is 0 Å². The van der Waals surface area contributed by atoms with Crippen molar-refractivity contribution in [2.24, 2.45) is 11.8 Å². The highest BCUT2D eigenvalue weighted by molar-refractivity contribution is 6.35. The molecule has 3 heterocycles. The summed E-state index contributed by atoms with van der Waals surface area (Å²) in [5.41, 5.74) is 0.398. The van der Waals surface area contributed by atoms with Crippen molar-refractivity contribution in [1.82, 2.24) is 14.8 Å². The van der Waals surface area contributed by atoms with Crippen LogP contribution in [-0.4, -0.2) is 65.8 Å². The first kappa shape index (κ1) is 20.2. The first-order chi connectivity index (χ1) is 13.8. The van der Waals surface area contributed by atoms with Gasteiger partial charge < -0.3 is 14.4 Å². The van der Waals surface area contributed by atoms with Gasteiger partial charge in [-0.25, -0.2) is 4.79 Å². The van der Waals surface area contributed by atoms with E-state index in [1.54, 1.807) is 12.3 Å². The third-order valence-corrected chi connectivity index (χ3v) is 5.88. The molecular formula is C22H28ClN3O3. The largest absolute Gasteiger partial charge is 0.492 e. The van der Waals surface area contributed by atoms with Crippen LogP contribution in [0, 0.1) is 11.8 Å². The number of hydrogen-bond acceptors (Lipinski definition) is 5. The van der Waals surface area contributed by atoms with Gasteiger partial charge in [0, 0.05) is 50.4 Å². The van der Waals surface area contributed by atoms with Gasteiger partial charge in [-0.15, -0.1) is 0 Å². The highest BCUT2D eigenvalue weighted by Crippen LogP contribution is 2.32. The molecule has 2 aliphatic rings. The minimum Gasteiger partial charge on any atom is -0.492 e. The van der Waals surface area contributed by atoms with Crippen LogP contribution in [0.1, 0.15) is 20.8 Å². The van der Waals surface area contributed by atoms with Gasteiger partial charge in [0.2, 0.25) is 0 Å². The van der Waals surface area contributed by atoms with E-state index < -0.39 is 5.60 Å². The number of carbonyl (C=O) groups is 1. The summed E-state index contributed by atoms with van der Waals surface area (Å²) < 4.78 is 11.4. The summed E-state index contributed by atoms with van der Waals surface area (Å²) in [6.45, 7) is 10.8. The van der Waals surface area contributed by atoms with Crippen LogP contribution in [0.15, 0.2) is 30.5 Å². The van der Waals surface area contributed by atoms with E-state index in [4.69, 9.17) is 21.1 Å². The number of hydrogen-bond donors (Lipinski definition) is 0. The molecule has 0 unspecified atom stereocenters.